The number of carbonyl (C=O) groups excluding carboxylic acids is 2. The highest BCUT2D eigenvalue weighted by atomic mass is 35.5. The molecule has 9 nitrogen and oxygen atoms in total. The second-order valence-electron chi connectivity index (χ2n) is 8.48. The van der Waals surface area contributed by atoms with E-state index in [2.05, 4.69) is 25.3 Å². The van der Waals surface area contributed by atoms with E-state index in [1.165, 1.54) is 41.8 Å². The van der Waals surface area contributed by atoms with Gasteiger partial charge in [0.15, 0.2) is 5.13 Å². The van der Waals surface area contributed by atoms with Crippen LogP contribution in [-0.2, 0) is 13.1 Å². The molecule has 4 aromatic rings. The van der Waals surface area contributed by atoms with Gasteiger partial charge >= 0.3 is 0 Å². The number of nitrogens with one attached hydrogen (secondary N) is 1. The first kappa shape index (κ1) is 26.9. The van der Waals surface area contributed by atoms with Gasteiger partial charge < -0.3 is 9.64 Å². The van der Waals surface area contributed by atoms with E-state index in [0.717, 1.165) is 10.9 Å². The summed E-state index contributed by atoms with van der Waals surface area (Å²) in [5.41, 5.74) is 1.93. The summed E-state index contributed by atoms with van der Waals surface area (Å²) in [7, 11) is 1.49. The maximum absolute atomic E-state index is 13.3. The first-order valence-corrected chi connectivity index (χ1v) is 12.9. The first-order valence-electron chi connectivity index (χ1n) is 11.3. The molecule has 0 unspecified atom stereocenters. The fraction of sp³-hybridized carbons (Fsp3) is 0.200. The number of halogens is 4. The Balaban J connectivity index is 1.35. The fourth-order valence-corrected chi connectivity index (χ4v) is 5.41. The molecule has 0 aliphatic carbocycles. The van der Waals surface area contributed by atoms with Crippen LogP contribution in [0.15, 0.2) is 36.7 Å². The number of methoxy groups -OCH3 is 1. The van der Waals surface area contributed by atoms with Crippen molar-refractivity contribution in [2.45, 2.75) is 26.4 Å². The second-order valence-corrected chi connectivity index (χ2v) is 10.4. The Kier molecular flexibility index (Phi) is 7.43. The van der Waals surface area contributed by atoms with Crippen molar-refractivity contribution in [3.63, 3.8) is 0 Å². The van der Waals surface area contributed by atoms with Crippen LogP contribution < -0.4 is 10.1 Å². The molecule has 0 radical (unpaired) electrons. The summed E-state index contributed by atoms with van der Waals surface area (Å²) in [4.78, 5) is 44.9. The van der Waals surface area contributed by atoms with Crippen molar-refractivity contribution in [3.05, 3.63) is 80.1 Å². The monoisotopic (exact) mass is 590 g/mol. The zero-order valence-corrected chi connectivity index (χ0v) is 22.7. The molecule has 1 N–H and O–H groups in total. The summed E-state index contributed by atoms with van der Waals surface area (Å²) in [5, 5.41) is 3.37. The van der Waals surface area contributed by atoms with Crippen LogP contribution in [0.25, 0.3) is 11.1 Å². The lowest BCUT2D eigenvalue weighted by Gasteiger charge is -2.16. The molecule has 5 rings (SSSR count). The topological polar surface area (TPSA) is 110 Å². The highest BCUT2D eigenvalue weighted by Crippen LogP contribution is 2.36. The van der Waals surface area contributed by atoms with E-state index < -0.39 is 23.9 Å². The van der Waals surface area contributed by atoms with E-state index in [9.17, 15) is 18.4 Å². The van der Waals surface area contributed by atoms with Crippen LogP contribution in [0.3, 0.4) is 0 Å². The van der Waals surface area contributed by atoms with Crippen LogP contribution in [0.4, 0.5) is 13.9 Å². The SMILES string of the molecule is COc1cnc(Cl)cc1-c1cc(C)ncc1C(=O)Nc1nc2c(s1)CN(C(=O)c1cc(Cl)cc(C(F)F)n1)C2. The van der Waals surface area contributed by atoms with Gasteiger partial charge in [-0.3, -0.25) is 19.9 Å². The van der Waals surface area contributed by atoms with Crippen molar-refractivity contribution in [1.82, 2.24) is 24.8 Å². The number of nitrogens with zero attached hydrogens (tertiary/aromatic N) is 5. The summed E-state index contributed by atoms with van der Waals surface area (Å²) in [6.45, 7) is 2.11. The van der Waals surface area contributed by atoms with E-state index in [4.69, 9.17) is 27.9 Å². The average molecular weight is 591 g/mol. The fourth-order valence-electron chi connectivity index (χ4n) is 4.06. The van der Waals surface area contributed by atoms with Crippen molar-refractivity contribution in [1.29, 1.82) is 0 Å². The van der Waals surface area contributed by atoms with Gasteiger partial charge in [0.05, 0.1) is 42.5 Å². The van der Waals surface area contributed by atoms with Crippen LogP contribution in [0.5, 0.6) is 5.75 Å². The minimum atomic E-state index is -2.86. The Hall–Kier alpha value is -3.74. The lowest BCUT2D eigenvalue weighted by atomic mass is 10.0. The molecular formula is C25H18Cl2F2N6O3S. The number of carbonyl (C=O) groups is 2. The number of rotatable bonds is 6. The number of alkyl halides is 2. The molecule has 1 aliphatic rings. The molecular weight excluding hydrogens is 573 g/mol. The largest absolute Gasteiger partial charge is 0.494 e. The standard InChI is InChI=1S/C25H18Cl2F2N6O3S/c1-11-3-13(14-6-21(27)31-8-19(14)38-2)15(7-30-11)23(36)34-25-33-18-9-35(10-20(18)39-25)24(37)17-5-12(26)4-16(32-17)22(28)29/h3-8,22H,9-10H2,1-2H3,(H,33,34,36). The van der Waals surface area contributed by atoms with Crippen molar-refractivity contribution in [3.8, 4) is 16.9 Å². The van der Waals surface area contributed by atoms with Crippen molar-refractivity contribution >= 4 is 51.5 Å². The Labute approximate surface area is 234 Å². The van der Waals surface area contributed by atoms with E-state index in [1.54, 1.807) is 19.1 Å². The van der Waals surface area contributed by atoms with Gasteiger partial charge in [0.2, 0.25) is 0 Å². The zero-order chi connectivity index (χ0) is 27.8. The van der Waals surface area contributed by atoms with Crippen molar-refractivity contribution in [2.75, 3.05) is 12.4 Å². The van der Waals surface area contributed by atoms with Gasteiger partial charge in [-0.1, -0.05) is 34.5 Å². The van der Waals surface area contributed by atoms with Crippen LogP contribution in [0.2, 0.25) is 10.2 Å². The molecule has 0 aromatic carbocycles. The van der Waals surface area contributed by atoms with Crippen molar-refractivity contribution < 1.29 is 23.1 Å². The lowest BCUT2D eigenvalue weighted by Crippen LogP contribution is -2.26. The van der Waals surface area contributed by atoms with Gasteiger partial charge in [-0.2, -0.15) is 0 Å². The third-order valence-corrected chi connectivity index (χ3v) is 7.27. The summed E-state index contributed by atoms with van der Waals surface area (Å²) < 4.78 is 31.6. The molecule has 200 valence electrons. The summed E-state index contributed by atoms with van der Waals surface area (Å²) in [6.07, 6.45) is 0.0751. The molecule has 39 heavy (non-hydrogen) atoms. The van der Waals surface area contributed by atoms with E-state index >= 15 is 0 Å². The van der Waals surface area contributed by atoms with Gasteiger partial charge in [-0.25, -0.2) is 23.7 Å². The zero-order valence-electron chi connectivity index (χ0n) is 20.3. The maximum atomic E-state index is 13.3. The Morgan fingerprint density at radius 2 is 1.87 bits per heavy atom. The summed E-state index contributed by atoms with van der Waals surface area (Å²) in [6, 6.07) is 5.63. The van der Waals surface area contributed by atoms with Crippen LogP contribution in [-0.4, -0.2) is 43.8 Å². The minimum Gasteiger partial charge on any atom is -0.494 e. The third-order valence-electron chi connectivity index (χ3n) is 5.84. The molecule has 0 atom stereocenters. The predicted octanol–water partition coefficient (Wildman–Crippen LogP) is 5.96. The second kappa shape index (κ2) is 10.8. The normalized spacial score (nSPS) is 12.5. The van der Waals surface area contributed by atoms with Gasteiger partial charge in [0.1, 0.15) is 22.3 Å². The molecule has 14 heteroatoms. The Morgan fingerprint density at radius 1 is 1.08 bits per heavy atom. The molecule has 0 saturated heterocycles. The number of hydrogen-bond acceptors (Lipinski definition) is 8. The number of aromatic nitrogens is 4. The van der Waals surface area contributed by atoms with Gasteiger partial charge in [-0.15, -0.1) is 0 Å². The number of fused-ring (bicyclic) bond motifs is 1. The number of thiazole rings is 1. The van der Waals surface area contributed by atoms with Gasteiger partial charge in [-0.05, 0) is 31.2 Å². The lowest BCUT2D eigenvalue weighted by molar-refractivity contribution is 0.0743. The van der Waals surface area contributed by atoms with Crippen LogP contribution >= 0.6 is 34.5 Å². The Bertz CT molecular complexity index is 1590. The number of pyridine rings is 3. The van der Waals surface area contributed by atoms with Crippen LogP contribution in [0.1, 0.15) is 49.2 Å². The summed E-state index contributed by atoms with van der Waals surface area (Å²) in [5.74, 6) is -0.557. The molecule has 4 aromatic heterocycles. The highest BCUT2D eigenvalue weighted by molar-refractivity contribution is 7.16. The minimum absolute atomic E-state index is 0.00244. The van der Waals surface area contributed by atoms with Crippen molar-refractivity contribution in [2.24, 2.45) is 0 Å². The number of anilines is 1. The maximum Gasteiger partial charge on any atom is 0.280 e. The van der Waals surface area contributed by atoms with Crippen LogP contribution in [0, 0.1) is 6.92 Å². The molecule has 1 aliphatic heterocycles. The number of amides is 2. The molecule has 0 bridgehead atoms. The molecule has 0 spiro atoms. The predicted molar refractivity (Wildman–Crippen MR) is 142 cm³/mol. The summed E-state index contributed by atoms with van der Waals surface area (Å²) >= 11 is 13.2. The number of ether oxygens (including phenoxy) is 1. The van der Waals surface area contributed by atoms with E-state index in [0.29, 0.717) is 33.4 Å². The first-order chi connectivity index (χ1) is 18.6. The smallest absolute Gasteiger partial charge is 0.280 e. The molecule has 5 heterocycles. The number of aryl methyl sites for hydroxylation is 1. The Morgan fingerprint density at radius 3 is 2.59 bits per heavy atom. The highest BCUT2D eigenvalue weighted by Gasteiger charge is 2.30. The van der Waals surface area contributed by atoms with E-state index in [1.807, 2.05) is 0 Å². The third kappa shape index (κ3) is 5.54. The molecule has 0 fully saturated rings. The van der Waals surface area contributed by atoms with Gasteiger partial charge in [0.25, 0.3) is 18.2 Å². The van der Waals surface area contributed by atoms with Gasteiger partial charge in [0, 0.05) is 28.0 Å². The number of hydrogen-bond donors (Lipinski definition) is 1. The molecule has 0 saturated carbocycles. The quantitative estimate of drug-likeness (QED) is 0.276. The average Bonchev–Trinajstić information content (AvgIpc) is 3.46. The van der Waals surface area contributed by atoms with E-state index in [-0.39, 0.29) is 34.5 Å². The molecule has 2 amide bonds.